The fourth-order valence-corrected chi connectivity index (χ4v) is 3.00. The van der Waals surface area contributed by atoms with E-state index in [0.717, 1.165) is 0 Å². The first-order valence-corrected chi connectivity index (χ1v) is 7.89. The van der Waals surface area contributed by atoms with Crippen molar-refractivity contribution in [1.29, 1.82) is 0 Å². The molecule has 0 fully saturated rings. The Morgan fingerprint density at radius 2 is 1.76 bits per heavy atom. The van der Waals surface area contributed by atoms with Crippen LogP contribution in [-0.2, 0) is 0 Å². The van der Waals surface area contributed by atoms with Crippen molar-refractivity contribution in [2.75, 3.05) is 0 Å². The highest BCUT2D eigenvalue weighted by atomic mass is 32.1. The summed E-state index contributed by atoms with van der Waals surface area (Å²) in [5, 5.41) is 1.98. The maximum atomic E-state index is 13.1. The van der Waals surface area contributed by atoms with E-state index in [1.54, 1.807) is 6.07 Å². The molecule has 1 unspecified atom stereocenters. The fourth-order valence-electron chi connectivity index (χ4n) is 2.28. The van der Waals surface area contributed by atoms with Gasteiger partial charge in [0, 0.05) is 0 Å². The maximum Gasteiger partial charge on any atom is 0.176 e. The Balaban J connectivity index is 2.42. The average Bonchev–Trinajstić information content (AvgIpc) is 2.75. The van der Waals surface area contributed by atoms with E-state index < -0.39 is 0 Å². The first kappa shape index (κ1) is 14.7. The van der Waals surface area contributed by atoms with E-state index in [-0.39, 0.29) is 5.13 Å². The molecule has 0 saturated heterocycles. The highest BCUT2D eigenvalue weighted by Crippen LogP contribution is 2.30. The highest BCUT2D eigenvalue weighted by Gasteiger charge is 2.12. The SMILES string of the molecule is CCCCCCC(CCCC)c1csc(F)c1. The summed E-state index contributed by atoms with van der Waals surface area (Å²) in [7, 11) is 0. The van der Waals surface area contributed by atoms with Gasteiger partial charge in [-0.1, -0.05) is 52.4 Å². The second-order valence-corrected chi connectivity index (χ2v) is 5.73. The van der Waals surface area contributed by atoms with Gasteiger partial charge in [0.2, 0.25) is 0 Å². The summed E-state index contributed by atoms with van der Waals surface area (Å²) in [5.74, 6) is 0.590. The minimum atomic E-state index is -0.0324. The van der Waals surface area contributed by atoms with Gasteiger partial charge in [0.25, 0.3) is 0 Å². The molecule has 98 valence electrons. The van der Waals surface area contributed by atoms with Crippen molar-refractivity contribution in [2.45, 2.75) is 71.1 Å². The molecule has 0 amide bonds. The first-order valence-electron chi connectivity index (χ1n) is 7.01. The van der Waals surface area contributed by atoms with Crippen molar-refractivity contribution in [2.24, 2.45) is 0 Å². The second-order valence-electron chi connectivity index (χ2n) is 4.87. The highest BCUT2D eigenvalue weighted by molar-refractivity contribution is 7.08. The zero-order valence-electron chi connectivity index (χ0n) is 11.2. The van der Waals surface area contributed by atoms with E-state index >= 15 is 0 Å². The third-order valence-electron chi connectivity index (χ3n) is 3.37. The molecule has 0 aromatic carbocycles. The lowest BCUT2D eigenvalue weighted by Crippen LogP contribution is -1.98. The zero-order chi connectivity index (χ0) is 12.5. The van der Waals surface area contributed by atoms with Gasteiger partial charge in [0.05, 0.1) is 0 Å². The number of unbranched alkanes of at least 4 members (excludes halogenated alkanes) is 4. The Kier molecular flexibility index (Phi) is 7.50. The number of hydrogen-bond acceptors (Lipinski definition) is 1. The van der Waals surface area contributed by atoms with Gasteiger partial charge in [-0.25, -0.2) is 0 Å². The van der Waals surface area contributed by atoms with Crippen molar-refractivity contribution < 1.29 is 4.39 Å². The van der Waals surface area contributed by atoms with Crippen molar-refractivity contribution in [3.63, 3.8) is 0 Å². The van der Waals surface area contributed by atoms with Gasteiger partial charge in [0.1, 0.15) is 0 Å². The molecule has 0 aliphatic rings. The molecular weight excluding hydrogens is 231 g/mol. The van der Waals surface area contributed by atoms with E-state index in [2.05, 4.69) is 13.8 Å². The van der Waals surface area contributed by atoms with E-state index in [1.807, 2.05) is 5.38 Å². The lowest BCUT2D eigenvalue weighted by Gasteiger charge is -2.15. The average molecular weight is 256 g/mol. The van der Waals surface area contributed by atoms with Crippen LogP contribution in [0.4, 0.5) is 4.39 Å². The van der Waals surface area contributed by atoms with E-state index in [4.69, 9.17) is 0 Å². The van der Waals surface area contributed by atoms with Gasteiger partial charge in [-0.05, 0) is 35.8 Å². The molecule has 1 aromatic heterocycles. The Morgan fingerprint density at radius 3 is 2.35 bits per heavy atom. The summed E-state index contributed by atoms with van der Waals surface area (Å²) in [6, 6.07) is 1.74. The standard InChI is InChI=1S/C15H25FS/c1-3-5-7-8-10-13(9-6-4-2)14-11-15(16)17-12-14/h11-13H,3-10H2,1-2H3. The molecule has 0 aliphatic carbocycles. The summed E-state index contributed by atoms with van der Waals surface area (Å²) in [4.78, 5) is 0. The van der Waals surface area contributed by atoms with Crippen LogP contribution in [0.1, 0.15) is 76.7 Å². The summed E-state index contributed by atoms with van der Waals surface area (Å²) in [6.45, 7) is 4.46. The van der Waals surface area contributed by atoms with E-state index in [9.17, 15) is 4.39 Å². The van der Waals surface area contributed by atoms with Crippen LogP contribution in [0.3, 0.4) is 0 Å². The molecule has 0 saturated carbocycles. The summed E-state index contributed by atoms with van der Waals surface area (Å²) < 4.78 is 13.1. The fraction of sp³-hybridized carbons (Fsp3) is 0.733. The van der Waals surface area contributed by atoms with Crippen LogP contribution in [0.25, 0.3) is 0 Å². The van der Waals surface area contributed by atoms with Crippen LogP contribution in [0, 0.1) is 5.13 Å². The predicted octanol–water partition coefficient (Wildman–Crippen LogP) is 6.13. The predicted molar refractivity (Wildman–Crippen MR) is 75.3 cm³/mol. The van der Waals surface area contributed by atoms with Crippen LogP contribution in [-0.4, -0.2) is 0 Å². The van der Waals surface area contributed by atoms with Gasteiger partial charge in [-0.15, -0.1) is 11.3 Å². The molecular formula is C15H25FS. The van der Waals surface area contributed by atoms with Gasteiger partial charge in [-0.3, -0.25) is 0 Å². The third kappa shape index (κ3) is 5.67. The van der Waals surface area contributed by atoms with Crippen LogP contribution in [0.2, 0.25) is 0 Å². The van der Waals surface area contributed by atoms with E-state index in [0.29, 0.717) is 5.92 Å². The minimum Gasteiger partial charge on any atom is -0.195 e. The van der Waals surface area contributed by atoms with Gasteiger partial charge in [-0.2, -0.15) is 4.39 Å². The summed E-state index contributed by atoms with van der Waals surface area (Å²) in [5.41, 5.74) is 1.23. The van der Waals surface area contributed by atoms with Gasteiger partial charge >= 0.3 is 0 Å². The Hall–Kier alpha value is -0.370. The smallest absolute Gasteiger partial charge is 0.176 e. The molecule has 17 heavy (non-hydrogen) atoms. The third-order valence-corrected chi connectivity index (χ3v) is 4.10. The van der Waals surface area contributed by atoms with E-state index in [1.165, 1.54) is 68.3 Å². The minimum absolute atomic E-state index is 0.0324. The van der Waals surface area contributed by atoms with Gasteiger partial charge < -0.3 is 0 Å². The topological polar surface area (TPSA) is 0 Å². The molecule has 1 heterocycles. The van der Waals surface area contributed by atoms with Crippen LogP contribution in [0.15, 0.2) is 11.4 Å². The number of thiophene rings is 1. The van der Waals surface area contributed by atoms with Gasteiger partial charge in [0.15, 0.2) is 5.13 Å². The van der Waals surface area contributed by atoms with Crippen molar-refractivity contribution in [3.05, 3.63) is 22.1 Å². The molecule has 0 bridgehead atoms. The number of hydrogen-bond donors (Lipinski definition) is 0. The Bertz CT molecular complexity index is 293. The molecule has 1 rings (SSSR count). The molecule has 0 spiro atoms. The molecule has 1 atom stereocenters. The van der Waals surface area contributed by atoms with Crippen LogP contribution >= 0.6 is 11.3 Å². The van der Waals surface area contributed by atoms with Crippen LogP contribution < -0.4 is 0 Å². The molecule has 0 radical (unpaired) electrons. The largest absolute Gasteiger partial charge is 0.195 e. The molecule has 0 nitrogen and oxygen atoms in total. The number of halogens is 1. The number of rotatable bonds is 9. The first-order chi connectivity index (χ1) is 8.27. The molecule has 0 N–H and O–H groups in total. The second kappa shape index (κ2) is 8.68. The molecule has 1 aromatic rings. The van der Waals surface area contributed by atoms with Crippen molar-refractivity contribution in [1.82, 2.24) is 0 Å². The maximum absolute atomic E-state index is 13.1. The lowest BCUT2D eigenvalue weighted by molar-refractivity contribution is 0.508. The molecule has 0 aliphatic heterocycles. The van der Waals surface area contributed by atoms with Crippen molar-refractivity contribution in [3.8, 4) is 0 Å². The lowest BCUT2D eigenvalue weighted by atomic mass is 9.90. The summed E-state index contributed by atoms with van der Waals surface area (Å²) >= 11 is 1.24. The monoisotopic (exact) mass is 256 g/mol. The normalized spacial score (nSPS) is 12.9. The zero-order valence-corrected chi connectivity index (χ0v) is 12.0. The Labute approximate surface area is 109 Å². The quantitative estimate of drug-likeness (QED) is 0.466. The Morgan fingerprint density at radius 1 is 1.06 bits per heavy atom. The summed E-state index contributed by atoms with van der Waals surface area (Å²) in [6.07, 6.45) is 10.2. The molecule has 2 heteroatoms. The van der Waals surface area contributed by atoms with Crippen LogP contribution in [0.5, 0.6) is 0 Å². The van der Waals surface area contributed by atoms with Crippen molar-refractivity contribution >= 4 is 11.3 Å².